The molecule has 4 fully saturated rings. The van der Waals surface area contributed by atoms with Gasteiger partial charge in [0.1, 0.15) is 11.7 Å². The highest BCUT2D eigenvalue weighted by Gasteiger charge is 2.83. The maximum Gasteiger partial charge on any atom is 0.313 e. The molecule has 10 atom stereocenters. The highest BCUT2D eigenvalue weighted by Crippen LogP contribution is 2.72. The molecule has 5 aliphatic rings. The SMILES string of the molecule is CC1=CC(=O)[C@@H](O)[C@@]2(C)[C@@H]1C[C@@H](O)[C@@]13CO[C@]4(C)[C@@H](OC(=O)[C@@H]41)[C@H](O)[C@@H]23. The molecule has 7 heteroatoms. The molecule has 1 spiro atoms. The van der Waals surface area contributed by atoms with Gasteiger partial charge in [-0.3, -0.25) is 9.59 Å². The summed E-state index contributed by atoms with van der Waals surface area (Å²) in [5.74, 6) is -2.54. The molecule has 7 nitrogen and oxygen atoms in total. The van der Waals surface area contributed by atoms with Gasteiger partial charge in [0.05, 0.1) is 24.7 Å². The van der Waals surface area contributed by atoms with E-state index in [1.54, 1.807) is 13.8 Å². The molecule has 0 unspecified atom stereocenters. The van der Waals surface area contributed by atoms with Gasteiger partial charge in [0.15, 0.2) is 11.9 Å². The van der Waals surface area contributed by atoms with Crippen LogP contribution in [0, 0.1) is 28.6 Å². The van der Waals surface area contributed by atoms with Crippen molar-refractivity contribution in [1.29, 1.82) is 0 Å². The van der Waals surface area contributed by atoms with Gasteiger partial charge in [-0.25, -0.2) is 0 Å². The third kappa shape index (κ3) is 1.46. The summed E-state index contributed by atoms with van der Waals surface area (Å²) in [7, 11) is 0. The van der Waals surface area contributed by atoms with Gasteiger partial charge in [-0.05, 0) is 32.3 Å². The van der Waals surface area contributed by atoms with Gasteiger partial charge in [-0.1, -0.05) is 12.5 Å². The summed E-state index contributed by atoms with van der Waals surface area (Å²) in [4.78, 5) is 25.1. The molecule has 0 radical (unpaired) electrons. The molecule has 0 amide bonds. The molecule has 142 valence electrons. The van der Waals surface area contributed by atoms with E-state index >= 15 is 0 Å². The Morgan fingerprint density at radius 2 is 1.88 bits per heavy atom. The van der Waals surface area contributed by atoms with E-state index in [0.29, 0.717) is 6.42 Å². The number of esters is 1. The number of fused-ring (bicyclic) bond motifs is 2. The van der Waals surface area contributed by atoms with E-state index < -0.39 is 64.4 Å². The van der Waals surface area contributed by atoms with Crippen LogP contribution in [-0.4, -0.2) is 63.7 Å². The predicted molar refractivity (Wildman–Crippen MR) is 86.6 cm³/mol. The number of ether oxygens (including phenoxy) is 2. The van der Waals surface area contributed by atoms with Crippen LogP contribution >= 0.6 is 0 Å². The number of aliphatic hydroxyl groups excluding tert-OH is 3. The average molecular weight is 364 g/mol. The minimum atomic E-state index is -1.31. The molecular weight excluding hydrogens is 340 g/mol. The largest absolute Gasteiger partial charge is 0.456 e. The second-order valence-corrected chi connectivity index (χ2v) is 9.21. The maximum absolute atomic E-state index is 12.7. The topological polar surface area (TPSA) is 113 Å². The van der Waals surface area contributed by atoms with E-state index in [-0.39, 0.29) is 12.5 Å². The van der Waals surface area contributed by atoms with Crippen LogP contribution in [0.1, 0.15) is 27.2 Å². The molecule has 0 aromatic rings. The summed E-state index contributed by atoms with van der Waals surface area (Å²) in [6.07, 6.45) is -2.46. The fraction of sp³-hybridized carbons (Fsp3) is 0.789. The Hall–Kier alpha value is -1.28. The molecule has 2 saturated carbocycles. The molecular formula is C19H24O7. The summed E-state index contributed by atoms with van der Waals surface area (Å²) >= 11 is 0. The van der Waals surface area contributed by atoms with E-state index in [4.69, 9.17) is 9.47 Å². The summed E-state index contributed by atoms with van der Waals surface area (Å²) in [6, 6.07) is 0. The number of hydrogen-bond donors (Lipinski definition) is 3. The number of aliphatic hydroxyl groups is 3. The second kappa shape index (κ2) is 4.58. The van der Waals surface area contributed by atoms with Crippen LogP contribution in [0.15, 0.2) is 11.6 Å². The Labute approximate surface area is 151 Å². The minimum absolute atomic E-state index is 0.106. The molecule has 2 aliphatic heterocycles. The number of carbonyl (C=O) groups excluding carboxylic acids is 2. The number of ketones is 1. The lowest BCUT2D eigenvalue weighted by Gasteiger charge is -2.63. The van der Waals surface area contributed by atoms with E-state index in [0.717, 1.165) is 5.57 Å². The monoisotopic (exact) mass is 364 g/mol. The first-order chi connectivity index (χ1) is 12.1. The number of allylic oxidation sites excluding steroid dienone is 1. The van der Waals surface area contributed by atoms with E-state index in [1.165, 1.54) is 6.08 Å². The van der Waals surface area contributed by atoms with Crippen molar-refractivity contribution in [3.8, 4) is 0 Å². The Bertz CT molecular complexity index is 761. The van der Waals surface area contributed by atoms with Crippen LogP contribution in [0.2, 0.25) is 0 Å². The quantitative estimate of drug-likeness (QED) is 0.500. The zero-order valence-corrected chi connectivity index (χ0v) is 15.0. The zero-order valence-electron chi connectivity index (χ0n) is 15.0. The van der Waals surface area contributed by atoms with Crippen molar-refractivity contribution >= 4 is 11.8 Å². The lowest BCUT2D eigenvalue weighted by atomic mass is 9.39. The van der Waals surface area contributed by atoms with Crippen LogP contribution in [-0.2, 0) is 19.1 Å². The van der Waals surface area contributed by atoms with Crippen LogP contribution in [0.3, 0.4) is 0 Å². The van der Waals surface area contributed by atoms with Gasteiger partial charge in [-0.2, -0.15) is 0 Å². The maximum atomic E-state index is 12.7. The third-order valence-corrected chi connectivity index (χ3v) is 8.30. The van der Waals surface area contributed by atoms with Gasteiger partial charge in [-0.15, -0.1) is 0 Å². The van der Waals surface area contributed by atoms with Gasteiger partial charge >= 0.3 is 5.97 Å². The summed E-state index contributed by atoms with van der Waals surface area (Å²) in [5, 5.41) is 33.3. The van der Waals surface area contributed by atoms with Crippen LogP contribution in [0.4, 0.5) is 0 Å². The van der Waals surface area contributed by atoms with Crippen LogP contribution in [0.5, 0.6) is 0 Å². The Balaban J connectivity index is 1.77. The van der Waals surface area contributed by atoms with Crippen molar-refractivity contribution in [3.05, 3.63) is 11.6 Å². The zero-order chi connectivity index (χ0) is 18.8. The van der Waals surface area contributed by atoms with Crippen molar-refractivity contribution in [2.45, 2.75) is 57.2 Å². The highest BCUT2D eigenvalue weighted by atomic mass is 16.6. The Morgan fingerprint density at radius 3 is 2.58 bits per heavy atom. The Kier molecular flexibility index (Phi) is 2.97. The van der Waals surface area contributed by atoms with E-state index in [2.05, 4.69) is 0 Å². The van der Waals surface area contributed by atoms with Crippen molar-refractivity contribution in [1.82, 2.24) is 0 Å². The smallest absolute Gasteiger partial charge is 0.313 e. The normalized spacial score (nSPS) is 60.2. The molecule has 3 N–H and O–H groups in total. The molecule has 2 heterocycles. The highest BCUT2D eigenvalue weighted by molar-refractivity contribution is 5.96. The molecule has 4 bridgehead atoms. The molecule has 5 rings (SSSR count). The van der Waals surface area contributed by atoms with Gasteiger partial charge in [0.2, 0.25) is 0 Å². The molecule has 2 saturated heterocycles. The van der Waals surface area contributed by atoms with Gasteiger partial charge in [0, 0.05) is 16.7 Å². The molecule has 3 aliphatic carbocycles. The van der Waals surface area contributed by atoms with Gasteiger partial charge in [0.25, 0.3) is 0 Å². The standard InChI is InChI=1S/C19H24O7/c1-7-4-9(20)14(23)17(2)8(7)5-10(21)19-6-25-18(3)13(19)16(24)26-15(18)11(22)12(17)19/h4,8,10-15,21-23H,5-6H2,1-3H3/t8-,10-,11-,12+,13+,14-,15+,17+,18+,19-/m1/s1. The fourth-order valence-electron chi connectivity index (χ4n) is 7.27. The minimum Gasteiger partial charge on any atom is -0.456 e. The first-order valence-corrected chi connectivity index (χ1v) is 9.20. The van der Waals surface area contributed by atoms with Crippen LogP contribution < -0.4 is 0 Å². The van der Waals surface area contributed by atoms with E-state index in [9.17, 15) is 24.9 Å². The first-order valence-electron chi connectivity index (χ1n) is 9.20. The fourth-order valence-corrected chi connectivity index (χ4v) is 7.27. The number of hydrogen-bond acceptors (Lipinski definition) is 7. The van der Waals surface area contributed by atoms with Crippen molar-refractivity contribution in [2.75, 3.05) is 6.61 Å². The Morgan fingerprint density at radius 1 is 1.19 bits per heavy atom. The van der Waals surface area contributed by atoms with Crippen molar-refractivity contribution in [3.63, 3.8) is 0 Å². The summed E-state index contributed by atoms with van der Waals surface area (Å²) in [6.45, 7) is 5.46. The lowest BCUT2D eigenvalue weighted by Crippen LogP contribution is -2.73. The van der Waals surface area contributed by atoms with Crippen LogP contribution in [0.25, 0.3) is 0 Å². The molecule has 0 aromatic heterocycles. The van der Waals surface area contributed by atoms with Crippen molar-refractivity contribution in [2.24, 2.45) is 28.6 Å². The summed E-state index contributed by atoms with van der Waals surface area (Å²) < 4.78 is 11.5. The predicted octanol–water partition coefficient (Wildman–Crippen LogP) is -0.429. The van der Waals surface area contributed by atoms with Crippen molar-refractivity contribution < 1.29 is 34.4 Å². The lowest BCUT2D eigenvalue weighted by molar-refractivity contribution is -0.234. The third-order valence-electron chi connectivity index (χ3n) is 8.30. The second-order valence-electron chi connectivity index (χ2n) is 9.21. The summed E-state index contributed by atoms with van der Waals surface area (Å²) in [5.41, 5.74) is -2.28. The number of rotatable bonds is 0. The van der Waals surface area contributed by atoms with E-state index in [1.807, 2.05) is 6.92 Å². The molecule has 0 aromatic carbocycles. The molecule has 26 heavy (non-hydrogen) atoms. The number of carbonyl (C=O) groups is 2. The first kappa shape index (κ1) is 16.9. The van der Waals surface area contributed by atoms with Gasteiger partial charge < -0.3 is 24.8 Å². The average Bonchev–Trinajstić information content (AvgIpc) is 2.94.